The van der Waals surface area contributed by atoms with Crippen molar-refractivity contribution in [2.45, 2.75) is 56.0 Å². The Hall–Kier alpha value is -0.780. The normalized spacial score (nSPS) is 23.4. The molecule has 4 nitrogen and oxygen atoms in total. The van der Waals surface area contributed by atoms with Gasteiger partial charge in [0.25, 0.3) is 0 Å². The van der Waals surface area contributed by atoms with Crippen LogP contribution in [0.5, 0.6) is 5.75 Å². The van der Waals surface area contributed by atoms with E-state index in [-0.39, 0.29) is 18.0 Å². The van der Waals surface area contributed by atoms with Gasteiger partial charge in [0.2, 0.25) is 10.0 Å². The molecule has 1 aliphatic rings. The second-order valence-corrected chi connectivity index (χ2v) is 7.54. The van der Waals surface area contributed by atoms with Crippen LogP contribution < -0.4 is 4.74 Å². The lowest BCUT2D eigenvalue weighted by molar-refractivity contribution is 0.328. The molecule has 1 aromatic carbocycles. The molecule has 6 heteroatoms. The van der Waals surface area contributed by atoms with Crippen LogP contribution in [-0.2, 0) is 15.9 Å². The van der Waals surface area contributed by atoms with Gasteiger partial charge in [-0.05, 0) is 44.4 Å². The van der Waals surface area contributed by atoms with Gasteiger partial charge in [0.1, 0.15) is 5.75 Å². The van der Waals surface area contributed by atoms with Crippen molar-refractivity contribution < 1.29 is 13.2 Å². The van der Waals surface area contributed by atoms with E-state index in [1.807, 2.05) is 13.8 Å². The third-order valence-corrected chi connectivity index (χ3v) is 6.51. The maximum absolute atomic E-state index is 12.9. The molecule has 0 bridgehead atoms. The molecule has 0 radical (unpaired) electrons. The molecule has 1 saturated heterocycles. The van der Waals surface area contributed by atoms with E-state index in [1.54, 1.807) is 29.6 Å². The van der Waals surface area contributed by atoms with Crippen molar-refractivity contribution in [3.05, 3.63) is 23.8 Å². The lowest BCUT2D eigenvalue weighted by Crippen LogP contribution is -2.39. The van der Waals surface area contributed by atoms with Gasteiger partial charge in [-0.25, -0.2) is 8.42 Å². The molecule has 2 rings (SSSR count). The molecule has 0 amide bonds. The van der Waals surface area contributed by atoms with Crippen molar-refractivity contribution in [1.82, 2.24) is 4.31 Å². The first-order valence-electron chi connectivity index (χ1n) is 7.22. The molecule has 2 atom stereocenters. The summed E-state index contributed by atoms with van der Waals surface area (Å²) in [5, 5.41) is 0. The van der Waals surface area contributed by atoms with Gasteiger partial charge in [-0.2, -0.15) is 4.31 Å². The fraction of sp³-hybridized carbons (Fsp3) is 0.600. The summed E-state index contributed by atoms with van der Waals surface area (Å²) >= 11 is 5.89. The molecule has 0 aliphatic carbocycles. The van der Waals surface area contributed by atoms with Gasteiger partial charge in [0.15, 0.2) is 0 Å². The van der Waals surface area contributed by atoms with Crippen molar-refractivity contribution in [2.24, 2.45) is 0 Å². The van der Waals surface area contributed by atoms with E-state index < -0.39 is 10.0 Å². The number of hydrogen-bond acceptors (Lipinski definition) is 3. The minimum absolute atomic E-state index is 0.0431. The molecule has 0 N–H and O–H groups in total. The Labute approximate surface area is 132 Å². The SMILES string of the molecule is CCC1CCC(C)N1S(=O)(=O)c1ccc(OC)c(CCl)c1. The molecule has 118 valence electrons. The number of ether oxygens (including phenoxy) is 1. The van der Waals surface area contributed by atoms with E-state index in [2.05, 4.69) is 0 Å². The third-order valence-electron chi connectivity index (χ3n) is 4.15. The zero-order valence-corrected chi connectivity index (χ0v) is 14.2. The second-order valence-electron chi connectivity index (χ2n) is 5.43. The highest BCUT2D eigenvalue weighted by atomic mass is 35.5. The molecule has 1 aliphatic heterocycles. The first-order valence-corrected chi connectivity index (χ1v) is 9.19. The average Bonchev–Trinajstić information content (AvgIpc) is 2.88. The summed E-state index contributed by atoms with van der Waals surface area (Å²) < 4.78 is 32.7. The fourth-order valence-corrected chi connectivity index (χ4v) is 5.22. The molecule has 0 saturated carbocycles. The summed E-state index contributed by atoms with van der Waals surface area (Å²) in [6, 6.07) is 5.03. The van der Waals surface area contributed by atoms with Crippen LogP contribution in [-0.4, -0.2) is 31.9 Å². The minimum atomic E-state index is -3.49. The Balaban J connectivity index is 2.44. The zero-order valence-electron chi connectivity index (χ0n) is 12.7. The standard InChI is InChI=1S/C15H22ClNO3S/c1-4-13-6-5-11(2)17(13)21(18,19)14-7-8-15(20-3)12(9-14)10-16/h7-9,11,13H,4-6,10H2,1-3H3. The monoisotopic (exact) mass is 331 g/mol. The van der Waals surface area contributed by atoms with Crippen molar-refractivity contribution in [3.63, 3.8) is 0 Å². The number of hydrogen-bond donors (Lipinski definition) is 0. The molecule has 21 heavy (non-hydrogen) atoms. The summed E-state index contributed by atoms with van der Waals surface area (Å²) in [5.74, 6) is 0.838. The van der Waals surface area contributed by atoms with E-state index in [0.717, 1.165) is 19.3 Å². The van der Waals surface area contributed by atoms with Gasteiger partial charge in [0.05, 0.1) is 17.9 Å². The molecule has 2 unspecified atom stereocenters. The minimum Gasteiger partial charge on any atom is -0.496 e. The maximum Gasteiger partial charge on any atom is 0.243 e. The summed E-state index contributed by atoms with van der Waals surface area (Å²) in [6.07, 6.45) is 2.67. The molecule has 1 fully saturated rings. The number of methoxy groups -OCH3 is 1. The van der Waals surface area contributed by atoms with Crippen molar-refractivity contribution in [2.75, 3.05) is 7.11 Å². The Bertz CT molecular complexity index is 603. The fourth-order valence-electron chi connectivity index (χ4n) is 3.01. The Morgan fingerprint density at radius 2 is 2.10 bits per heavy atom. The van der Waals surface area contributed by atoms with E-state index >= 15 is 0 Å². The molecular weight excluding hydrogens is 310 g/mol. The van der Waals surface area contributed by atoms with Gasteiger partial charge in [-0.1, -0.05) is 6.92 Å². The van der Waals surface area contributed by atoms with Crippen LogP contribution >= 0.6 is 11.6 Å². The Kier molecular flexibility index (Phi) is 5.17. The highest BCUT2D eigenvalue weighted by Gasteiger charge is 2.39. The smallest absolute Gasteiger partial charge is 0.243 e. The van der Waals surface area contributed by atoms with Gasteiger partial charge >= 0.3 is 0 Å². The third kappa shape index (κ3) is 3.05. The Morgan fingerprint density at radius 1 is 1.38 bits per heavy atom. The molecule has 0 spiro atoms. The van der Waals surface area contributed by atoms with Crippen LogP contribution in [0, 0.1) is 0 Å². The largest absolute Gasteiger partial charge is 0.496 e. The van der Waals surface area contributed by atoms with E-state index in [9.17, 15) is 8.42 Å². The number of benzene rings is 1. The van der Waals surface area contributed by atoms with E-state index in [0.29, 0.717) is 16.2 Å². The van der Waals surface area contributed by atoms with Crippen LogP contribution in [0.3, 0.4) is 0 Å². The summed E-state index contributed by atoms with van der Waals surface area (Å²) in [6.45, 7) is 4.00. The second kappa shape index (κ2) is 6.55. The number of halogens is 1. The Morgan fingerprint density at radius 3 is 2.67 bits per heavy atom. The van der Waals surface area contributed by atoms with Crippen LogP contribution in [0.1, 0.15) is 38.7 Å². The van der Waals surface area contributed by atoms with Gasteiger partial charge in [-0.15, -0.1) is 11.6 Å². The number of rotatable bonds is 5. The average molecular weight is 332 g/mol. The lowest BCUT2D eigenvalue weighted by Gasteiger charge is -2.27. The molecule has 1 heterocycles. The van der Waals surface area contributed by atoms with Crippen LogP contribution in [0.25, 0.3) is 0 Å². The number of nitrogens with zero attached hydrogens (tertiary/aromatic N) is 1. The summed E-state index contributed by atoms with van der Waals surface area (Å²) in [4.78, 5) is 0.297. The van der Waals surface area contributed by atoms with Crippen molar-refractivity contribution in [3.8, 4) is 5.75 Å². The predicted octanol–water partition coefficient (Wildman–Crippen LogP) is 3.39. The highest BCUT2D eigenvalue weighted by molar-refractivity contribution is 7.89. The molecule has 0 aromatic heterocycles. The number of alkyl halides is 1. The highest BCUT2D eigenvalue weighted by Crippen LogP contribution is 2.34. The predicted molar refractivity (Wildman–Crippen MR) is 84.4 cm³/mol. The summed E-state index contributed by atoms with van der Waals surface area (Å²) in [7, 11) is -1.94. The van der Waals surface area contributed by atoms with Crippen molar-refractivity contribution in [1.29, 1.82) is 0 Å². The quantitative estimate of drug-likeness (QED) is 0.777. The van der Waals surface area contributed by atoms with E-state index in [1.165, 1.54) is 0 Å². The zero-order chi connectivity index (χ0) is 15.6. The topological polar surface area (TPSA) is 46.6 Å². The number of sulfonamides is 1. The maximum atomic E-state index is 12.9. The molecular formula is C15H22ClNO3S. The van der Waals surface area contributed by atoms with Crippen LogP contribution in [0.2, 0.25) is 0 Å². The first kappa shape index (κ1) is 16.6. The van der Waals surface area contributed by atoms with Crippen molar-refractivity contribution >= 4 is 21.6 Å². The van der Waals surface area contributed by atoms with Gasteiger partial charge < -0.3 is 4.74 Å². The summed E-state index contributed by atoms with van der Waals surface area (Å²) in [5.41, 5.74) is 0.695. The first-order chi connectivity index (χ1) is 9.95. The molecule has 1 aromatic rings. The lowest BCUT2D eigenvalue weighted by atomic mass is 10.2. The van der Waals surface area contributed by atoms with E-state index in [4.69, 9.17) is 16.3 Å². The van der Waals surface area contributed by atoms with Crippen LogP contribution in [0.4, 0.5) is 0 Å². The van der Waals surface area contributed by atoms with Gasteiger partial charge in [-0.3, -0.25) is 0 Å². The van der Waals surface area contributed by atoms with Gasteiger partial charge in [0, 0.05) is 17.6 Å². The van der Waals surface area contributed by atoms with Crippen LogP contribution in [0.15, 0.2) is 23.1 Å².